The maximum absolute atomic E-state index is 11.8. The molecule has 0 fully saturated rings. The number of anilines is 1. The van der Waals surface area contributed by atoms with Crippen LogP contribution in [0.5, 0.6) is 0 Å². The van der Waals surface area contributed by atoms with Crippen LogP contribution in [0.3, 0.4) is 0 Å². The number of nitrogens with one attached hydrogen (secondary N) is 1. The van der Waals surface area contributed by atoms with Crippen LogP contribution in [0, 0.1) is 6.92 Å². The molecule has 1 amide bonds. The van der Waals surface area contributed by atoms with Crippen LogP contribution >= 0.6 is 11.3 Å². The molecule has 0 aliphatic rings. The Bertz CT molecular complexity index is 624. The Hall–Kier alpha value is -2.28. The van der Waals surface area contributed by atoms with Gasteiger partial charge in [0.15, 0.2) is 0 Å². The molecule has 98 valence electrons. The molecule has 0 saturated carbocycles. The van der Waals surface area contributed by atoms with Crippen molar-refractivity contribution in [2.75, 3.05) is 5.32 Å². The molecule has 2 aromatic rings. The second-order valence-corrected chi connectivity index (χ2v) is 4.91. The van der Waals surface area contributed by atoms with Crippen molar-refractivity contribution in [1.82, 2.24) is 9.97 Å². The number of carboxylic acid groups (broad SMARTS) is 1. The standard InChI is InChI=1S/C12H11N3O3S/c1-7-14-10(6-19-7)3-11(16)15-9-2-8(12(17)18)4-13-5-9/h2,4-6H,3H2,1H3,(H,15,16)(H,17,18). The number of carboxylic acids is 1. The van der Waals surface area contributed by atoms with E-state index in [1.165, 1.54) is 29.8 Å². The first-order valence-electron chi connectivity index (χ1n) is 5.44. The van der Waals surface area contributed by atoms with Gasteiger partial charge in [0.2, 0.25) is 5.91 Å². The highest BCUT2D eigenvalue weighted by Crippen LogP contribution is 2.11. The van der Waals surface area contributed by atoms with E-state index in [0.717, 1.165) is 5.01 Å². The smallest absolute Gasteiger partial charge is 0.337 e. The van der Waals surface area contributed by atoms with Crippen LogP contribution in [0.2, 0.25) is 0 Å². The first kappa shape index (κ1) is 13.2. The average Bonchev–Trinajstić information content (AvgIpc) is 2.74. The normalized spacial score (nSPS) is 10.2. The van der Waals surface area contributed by atoms with Gasteiger partial charge in [0.1, 0.15) is 0 Å². The van der Waals surface area contributed by atoms with Crippen molar-refractivity contribution in [1.29, 1.82) is 0 Å². The minimum absolute atomic E-state index is 0.0299. The van der Waals surface area contributed by atoms with Crippen molar-refractivity contribution in [3.8, 4) is 0 Å². The Morgan fingerprint density at radius 3 is 2.84 bits per heavy atom. The summed E-state index contributed by atoms with van der Waals surface area (Å²) in [5, 5.41) is 14.1. The Kier molecular flexibility index (Phi) is 3.86. The monoisotopic (exact) mass is 277 g/mol. The molecule has 0 unspecified atom stereocenters. The number of aromatic carboxylic acids is 1. The predicted molar refractivity (Wildman–Crippen MR) is 70.4 cm³/mol. The largest absolute Gasteiger partial charge is 0.478 e. The van der Waals surface area contributed by atoms with Gasteiger partial charge in [-0.3, -0.25) is 9.78 Å². The zero-order valence-electron chi connectivity index (χ0n) is 10.1. The van der Waals surface area contributed by atoms with Crippen molar-refractivity contribution in [2.24, 2.45) is 0 Å². The summed E-state index contributed by atoms with van der Waals surface area (Å²) in [6.07, 6.45) is 2.78. The van der Waals surface area contributed by atoms with Gasteiger partial charge in [-0.2, -0.15) is 0 Å². The lowest BCUT2D eigenvalue weighted by Crippen LogP contribution is -2.15. The molecule has 0 saturated heterocycles. The lowest BCUT2D eigenvalue weighted by molar-refractivity contribution is -0.115. The van der Waals surface area contributed by atoms with Gasteiger partial charge < -0.3 is 10.4 Å². The lowest BCUT2D eigenvalue weighted by Gasteiger charge is -2.04. The summed E-state index contributed by atoms with van der Waals surface area (Å²) < 4.78 is 0. The fourth-order valence-corrected chi connectivity index (χ4v) is 2.10. The fraction of sp³-hybridized carbons (Fsp3) is 0.167. The maximum Gasteiger partial charge on any atom is 0.337 e. The number of nitrogens with zero attached hydrogens (tertiary/aromatic N) is 2. The third-order valence-corrected chi connectivity index (χ3v) is 3.10. The van der Waals surface area contributed by atoms with E-state index in [9.17, 15) is 9.59 Å². The minimum atomic E-state index is -1.08. The average molecular weight is 277 g/mol. The summed E-state index contributed by atoms with van der Waals surface area (Å²) in [5.74, 6) is -1.34. The quantitative estimate of drug-likeness (QED) is 0.887. The number of amides is 1. The third-order valence-electron chi connectivity index (χ3n) is 2.28. The number of hydrogen-bond donors (Lipinski definition) is 2. The van der Waals surface area contributed by atoms with Crippen LogP contribution in [0.15, 0.2) is 23.8 Å². The second kappa shape index (κ2) is 5.57. The number of aromatic nitrogens is 2. The molecule has 0 aromatic carbocycles. The van der Waals surface area contributed by atoms with E-state index in [-0.39, 0.29) is 17.9 Å². The van der Waals surface area contributed by atoms with Crippen molar-refractivity contribution in [3.63, 3.8) is 0 Å². The van der Waals surface area contributed by atoms with Crippen molar-refractivity contribution >= 4 is 28.9 Å². The molecule has 19 heavy (non-hydrogen) atoms. The highest BCUT2D eigenvalue weighted by atomic mass is 32.1. The van der Waals surface area contributed by atoms with Crippen LogP contribution in [0.1, 0.15) is 21.1 Å². The summed E-state index contributed by atoms with van der Waals surface area (Å²) in [6, 6.07) is 1.36. The van der Waals surface area contributed by atoms with E-state index in [2.05, 4.69) is 15.3 Å². The molecular weight excluding hydrogens is 266 g/mol. The van der Waals surface area contributed by atoms with E-state index in [4.69, 9.17) is 5.11 Å². The second-order valence-electron chi connectivity index (χ2n) is 3.85. The molecule has 0 aliphatic heterocycles. The molecule has 2 N–H and O–H groups in total. The van der Waals surface area contributed by atoms with Crippen LogP contribution in [-0.4, -0.2) is 27.0 Å². The number of carbonyl (C=O) groups is 2. The third kappa shape index (κ3) is 3.59. The molecule has 2 heterocycles. The highest BCUT2D eigenvalue weighted by Gasteiger charge is 2.09. The van der Waals surface area contributed by atoms with Crippen LogP contribution in [0.25, 0.3) is 0 Å². The van der Waals surface area contributed by atoms with Gasteiger partial charge in [0.25, 0.3) is 0 Å². The Labute approximate surface area is 113 Å². The zero-order valence-corrected chi connectivity index (χ0v) is 10.9. The molecule has 6 nitrogen and oxygen atoms in total. The summed E-state index contributed by atoms with van der Waals surface area (Å²) >= 11 is 1.48. The first-order valence-corrected chi connectivity index (χ1v) is 6.32. The first-order chi connectivity index (χ1) is 9.04. The summed E-state index contributed by atoms with van der Waals surface area (Å²) in [7, 11) is 0. The Morgan fingerprint density at radius 2 is 2.21 bits per heavy atom. The van der Waals surface area contributed by atoms with Gasteiger partial charge in [0.05, 0.1) is 34.6 Å². The van der Waals surface area contributed by atoms with E-state index >= 15 is 0 Å². The number of rotatable bonds is 4. The zero-order chi connectivity index (χ0) is 13.8. The minimum Gasteiger partial charge on any atom is -0.478 e. The van der Waals surface area contributed by atoms with Crippen LogP contribution < -0.4 is 5.32 Å². The molecule has 0 aliphatic carbocycles. The number of hydrogen-bond acceptors (Lipinski definition) is 5. The molecule has 0 spiro atoms. The van der Waals surface area contributed by atoms with Gasteiger partial charge >= 0.3 is 5.97 Å². The Balaban J connectivity index is 2.02. The van der Waals surface area contributed by atoms with E-state index in [1.54, 1.807) is 0 Å². The number of pyridine rings is 1. The SMILES string of the molecule is Cc1nc(CC(=O)Nc2cncc(C(=O)O)c2)cs1. The molecular formula is C12H11N3O3S. The maximum atomic E-state index is 11.8. The summed E-state index contributed by atoms with van der Waals surface area (Å²) in [6.45, 7) is 1.87. The van der Waals surface area contributed by atoms with Crippen LogP contribution in [0.4, 0.5) is 5.69 Å². The van der Waals surface area contributed by atoms with Gasteiger partial charge in [-0.05, 0) is 13.0 Å². The van der Waals surface area contributed by atoms with Gasteiger partial charge in [-0.1, -0.05) is 0 Å². The topological polar surface area (TPSA) is 92.2 Å². The fourth-order valence-electron chi connectivity index (χ4n) is 1.48. The van der Waals surface area contributed by atoms with Crippen LogP contribution in [-0.2, 0) is 11.2 Å². The molecule has 0 bridgehead atoms. The lowest BCUT2D eigenvalue weighted by atomic mass is 10.2. The van der Waals surface area contributed by atoms with E-state index in [1.807, 2.05) is 12.3 Å². The summed E-state index contributed by atoms with van der Waals surface area (Å²) in [5.41, 5.74) is 1.08. The molecule has 2 aromatic heterocycles. The number of thiazole rings is 1. The van der Waals surface area contributed by atoms with E-state index < -0.39 is 5.97 Å². The van der Waals surface area contributed by atoms with Crippen molar-refractivity contribution < 1.29 is 14.7 Å². The Morgan fingerprint density at radius 1 is 1.42 bits per heavy atom. The van der Waals surface area contributed by atoms with Crippen molar-refractivity contribution in [3.05, 3.63) is 40.1 Å². The summed E-state index contributed by atoms with van der Waals surface area (Å²) in [4.78, 5) is 30.5. The number of carbonyl (C=O) groups excluding carboxylic acids is 1. The van der Waals surface area contributed by atoms with Gasteiger partial charge in [0, 0.05) is 11.6 Å². The molecule has 0 radical (unpaired) electrons. The van der Waals surface area contributed by atoms with Crippen molar-refractivity contribution in [2.45, 2.75) is 13.3 Å². The highest BCUT2D eigenvalue weighted by molar-refractivity contribution is 7.09. The molecule has 2 rings (SSSR count). The van der Waals surface area contributed by atoms with Gasteiger partial charge in [-0.15, -0.1) is 11.3 Å². The predicted octanol–water partition coefficient (Wildman–Crippen LogP) is 1.73. The van der Waals surface area contributed by atoms with Gasteiger partial charge in [-0.25, -0.2) is 9.78 Å². The molecule has 0 atom stereocenters. The molecule has 7 heteroatoms. The van der Waals surface area contributed by atoms with E-state index in [0.29, 0.717) is 11.4 Å². The number of aryl methyl sites for hydroxylation is 1.